The van der Waals surface area contributed by atoms with E-state index in [1.165, 1.54) is 121 Å². The van der Waals surface area contributed by atoms with Crippen LogP contribution >= 0.6 is 0 Å². The first-order valence-electron chi connectivity index (χ1n) is 19.3. The molecule has 1 spiro atoms. The maximum atomic E-state index is 2.51. The highest BCUT2D eigenvalue weighted by molar-refractivity contribution is 6.25. The molecule has 13 rings (SSSR count). The van der Waals surface area contributed by atoms with Crippen LogP contribution in [0.4, 0.5) is 0 Å². The molecule has 0 amide bonds. The van der Waals surface area contributed by atoms with Gasteiger partial charge in [0.25, 0.3) is 0 Å². The maximum Gasteiger partial charge on any atom is 0.0731 e. The van der Waals surface area contributed by atoms with Crippen LogP contribution in [0.1, 0.15) is 22.3 Å². The zero-order chi connectivity index (χ0) is 35.8. The molecule has 0 nitrogen and oxygen atoms in total. The lowest BCUT2D eigenvalue weighted by Crippen LogP contribution is -2.26. The standard InChI is InChI=1S/C55H32/c1-2-11-43-34(8-1)24-29-47-48-31-40-23-22-39(30-41(40)32-51(48)55(54(43)47)49-14-5-3-12-44(49)45-13-4-6-15-50(45)55)33-16-18-35(19-17-33)42-27-25-38-21-20-36-9-7-10-37-26-28-46(42)53(38)52(36)37/h1-32H. The zero-order valence-electron chi connectivity index (χ0n) is 30.0. The molecule has 0 aliphatic heterocycles. The molecule has 0 N–H and O–H groups in total. The summed E-state index contributed by atoms with van der Waals surface area (Å²) >= 11 is 0. The fourth-order valence-electron chi connectivity index (χ4n) is 10.7. The van der Waals surface area contributed by atoms with Crippen molar-refractivity contribution in [2.24, 2.45) is 0 Å². The van der Waals surface area contributed by atoms with Gasteiger partial charge in [-0.25, -0.2) is 0 Å². The van der Waals surface area contributed by atoms with Crippen LogP contribution in [0, 0.1) is 0 Å². The summed E-state index contributed by atoms with van der Waals surface area (Å²) in [5, 5.41) is 13.1. The number of benzene rings is 11. The molecule has 11 aromatic carbocycles. The molecule has 252 valence electrons. The first kappa shape index (κ1) is 29.4. The molecule has 0 heteroatoms. The lowest BCUT2D eigenvalue weighted by molar-refractivity contribution is 0.802. The molecule has 2 aliphatic rings. The van der Waals surface area contributed by atoms with E-state index < -0.39 is 5.41 Å². The van der Waals surface area contributed by atoms with E-state index >= 15 is 0 Å². The van der Waals surface area contributed by atoms with Crippen LogP contribution in [0.15, 0.2) is 194 Å². The molecule has 0 radical (unpaired) electrons. The maximum absolute atomic E-state index is 2.51. The van der Waals surface area contributed by atoms with Gasteiger partial charge in [-0.3, -0.25) is 0 Å². The molecule has 0 bridgehead atoms. The van der Waals surface area contributed by atoms with Crippen molar-refractivity contribution in [3.05, 3.63) is 216 Å². The van der Waals surface area contributed by atoms with Gasteiger partial charge in [0, 0.05) is 0 Å². The fraction of sp³-hybridized carbons (Fsp3) is 0.0182. The van der Waals surface area contributed by atoms with Gasteiger partial charge < -0.3 is 0 Å². The van der Waals surface area contributed by atoms with E-state index in [0.29, 0.717) is 0 Å². The van der Waals surface area contributed by atoms with E-state index in [9.17, 15) is 0 Å². The Balaban J connectivity index is 0.986. The van der Waals surface area contributed by atoms with E-state index in [-0.39, 0.29) is 0 Å². The van der Waals surface area contributed by atoms with Crippen LogP contribution in [-0.2, 0) is 5.41 Å². The Morgan fingerprint density at radius 2 is 0.836 bits per heavy atom. The van der Waals surface area contributed by atoms with Crippen LogP contribution in [0.3, 0.4) is 0 Å². The van der Waals surface area contributed by atoms with Gasteiger partial charge >= 0.3 is 0 Å². The Labute approximate surface area is 318 Å². The van der Waals surface area contributed by atoms with Crippen molar-refractivity contribution in [2.75, 3.05) is 0 Å². The van der Waals surface area contributed by atoms with Crippen molar-refractivity contribution in [3.8, 4) is 44.5 Å². The molecule has 55 heavy (non-hydrogen) atoms. The van der Waals surface area contributed by atoms with E-state index in [1.807, 2.05) is 0 Å². The van der Waals surface area contributed by atoms with Crippen molar-refractivity contribution < 1.29 is 0 Å². The van der Waals surface area contributed by atoms with Gasteiger partial charge in [0.15, 0.2) is 0 Å². The lowest BCUT2D eigenvalue weighted by Gasteiger charge is -2.31. The van der Waals surface area contributed by atoms with Crippen molar-refractivity contribution >= 4 is 53.9 Å². The van der Waals surface area contributed by atoms with Crippen molar-refractivity contribution in [1.82, 2.24) is 0 Å². The Morgan fingerprint density at radius 1 is 0.255 bits per heavy atom. The zero-order valence-corrected chi connectivity index (χ0v) is 30.0. The summed E-state index contributed by atoms with van der Waals surface area (Å²) in [4.78, 5) is 0. The number of hydrogen-bond donors (Lipinski definition) is 0. The Hall–Kier alpha value is -7.02. The van der Waals surface area contributed by atoms with Gasteiger partial charge in [-0.05, 0) is 139 Å². The smallest absolute Gasteiger partial charge is 0.0619 e. The van der Waals surface area contributed by atoms with Crippen molar-refractivity contribution in [2.45, 2.75) is 5.41 Å². The quantitative estimate of drug-likeness (QED) is 0.158. The minimum atomic E-state index is -0.398. The summed E-state index contributed by atoms with van der Waals surface area (Å²) in [6, 6.07) is 73.3. The van der Waals surface area contributed by atoms with Crippen LogP contribution in [0.5, 0.6) is 0 Å². The molecular weight excluding hydrogens is 661 g/mol. The summed E-state index contributed by atoms with van der Waals surface area (Å²) < 4.78 is 0. The van der Waals surface area contributed by atoms with Gasteiger partial charge in [-0.1, -0.05) is 176 Å². The normalized spacial score (nSPS) is 13.6. The molecule has 11 aromatic rings. The van der Waals surface area contributed by atoms with Crippen molar-refractivity contribution in [1.29, 1.82) is 0 Å². The van der Waals surface area contributed by atoms with Gasteiger partial charge in [-0.15, -0.1) is 0 Å². The Morgan fingerprint density at radius 3 is 1.64 bits per heavy atom. The average molecular weight is 693 g/mol. The highest BCUT2D eigenvalue weighted by Crippen LogP contribution is 2.64. The summed E-state index contributed by atoms with van der Waals surface area (Å²) in [6.07, 6.45) is 0. The molecule has 0 atom stereocenters. The molecule has 0 saturated carbocycles. The van der Waals surface area contributed by atoms with Crippen LogP contribution in [-0.4, -0.2) is 0 Å². The number of hydrogen-bond acceptors (Lipinski definition) is 0. The van der Waals surface area contributed by atoms with E-state index in [2.05, 4.69) is 194 Å². The Bertz CT molecular complexity index is 3360. The van der Waals surface area contributed by atoms with Gasteiger partial charge in [0.2, 0.25) is 0 Å². The monoisotopic (exact) mass is 692 g/mol. The SMILES string of the molecule is c1ccc2c(c1)-c1ccccc1C21c2cc3cc(-c4ccc(-c5ccc6ccc7cccc8ccc5c6c78)cc4)ccc3cc2-c2ccc3ccccc3c21. The molecule has 0 unspecified atom stereocenters. The third kappa shape index (κ3) is 3.76. The predicted octanol–water partition coefficient (Wildman–Crippen LogP) is 14.6. The summed E-state index contributed by atoms with van der Waals surface area (Å²) in [6.45, 7) is 0. The van der Waals surface area contributed by atoms with E-state index in [4.69, 9.17) is 0 Å². The van der Waals surface area contributed by atoms with E-state index in [1.54, 1.807) is 0 Å². The van der Waals surface area contributed by atoms with Crippen LogP contribution in [0.2, 0.25) is 0 Å². The second-order valence-corrected chi connectivity index (χ2v) is 15.6. The molecule has 0 aromatic heterocycles. The van der Waals surface area contributed by atoms with Crippen molar-refractivity contribution in [3.63, 3.8) is 0 Å². The van der Waals surface area contributed by atoms with Gasteiger partial charge in [0.05, 0.1) is 5.41 Å². The highest BCUT2D eigenvalue weighted by Gasteiger charge is 2.52. The van der Waals surface area contributed by atoms with Crippen LogP contribution in [0.25, 0.3) is 98.4 Å². The fourth-order valence-corrected chi connectivity index (χ4v) is 10.7. The second-order valence-electron chi connectivity index (χ2n) is 15.6. The number of fused-ring (bicyclic) bond motifs is 13. The third-order valence-corrected chi connectivity index (χ3v) is 13.0. The summed E-state index contributed by atoms with van der Waals surface area (Å²) in [7, 11) is 0. The topological polar surface area (TPSA) is 0 Å². The first-order valence-corrected chi connectivity index (χ1v) is 19.3. The molecular formula is C55H32. The predicted molar refractivity (Wildman–Crippen MR) is 232 cm³/mol. The largest absolute Gasteiger partial charge is 0.0731 e. The first-order chi connectivity index (χ1) is 27.3. The molecule has 0 fully saturated rings. The molecule has 0 saturated heterocycles. The second kappa shape index (κ2) is 10.6. The molecule has 2 aliphatic carbocycles. The average Bonchev–Trinajstić information content (AvgIpc) is 3.71. The highest BCUT2D eigenvalue weighted by atomic mass is 14.5. The number of rotatable bonds is 2. The summed E-state index contributed by atoms with van der Waals surface area (Å²) in [5.41, 5.74) is 15.5. The van der Waals surface area contributed by atoms with E-state index in [0.717, 1.165) is 0 Å². The van der Waals surface area contributed by atoms with Gasteiger partial charge in [-0.2, -0.15) is 0 Å². The van der Waals surface area contributed by atoms with Crippen LogP contribution < -0.4 is 0 Å². The lowest BCUT2D eigenvalue weighted by atomic mass is 9.69. The Kier molecular flexibility index (Phi) is 5.65. The minimum absolute atomic E-state index is 0.398. The third-order valence-electron chi connectivity index (χ3n) is 13.0. The minimum Gasteiger partial charge on any atom is -0.0619 e. The van der Waals surface area contributed by atoms with Gasteiger partial charge in [0.1, 0.15) is 0 Å². The molecule has 0 heterocycles. The summed E-state index contributed by atoms with van der Waals surface area (Å²) in [5.74, 6) is 0.